The summed E-state index contributed by atoms with van der Waals surface area (Å²) in [6.45, 7) is 7.73. The predicted molar refractivity (Wildman–Crippen MR) is 137 cm³/mol. The van der Waals surface area contributed by atoms with Crippen LogP contribution in [0.4, 0.5) is 0 Å². The van der Waals surface area contributed by atoms with Crippen LogP contribution in [-0.4, -0.2) is 37.4 Å². The third-order valence-corrected chi connectivity index (χ3v) is 8.64. The van der Waals surface area contributed by atoms with Crippen LogP contribution in [0.25, 0.3) is 0 Å². The summed E-state index contributed by atoms with van der Waals surface area (Å²) < 4.78 is 18.3. The van der Waals surface area contributed by atoms with Gasteiger partial charge in [-0.1, -0.05) is 96.8 Å². The minimum atomic E-state index is -1.04. The van der Waals surface area contributed by atoms with Crippen molar-refractivity contribution in [2.75, 3.05) is 6.61 Å². The third-order valence-electron chi connectivity index (χ3n) is 6.21. The number of ether oxygens (including phenoxy) is 1. The van der Waals surface area contributed by atoms with Crippen LogP contribution in [0.1, 0.15) is 129 Å². The summed E-state index contributed by atoms with van der Waals surface area (Å²) in [5.41, 5.74) is 0.430. The predicted octanol–water partition coefficient (Wildman–Crippen LogP) is 7.20. The highest BCUT2D eigenvalue weighted by atomic mass is 28.3. The van der Waals surface area contributed by atoms with E-state index in [1.54, 1.807) is 0 Å². The molecular weight excluding hydrogens is 404 g/mol. The van der Waals surface area contributed by atoms with Gasteiger partial charge in [0.1, 0.15) is 6.29 Å². The summed E-state index contributed by atoms with van der Waals surface area (Å²) in [5, 5.41) is 0. The molecule has 1 heterocycles. The van der Waals surface area contributed by atoms with E-state index in [0.717, 1.165) is 13.0 Å². The highest BCUT2D eigenvalue weighted by Crippen LogP contribution is 2.17. The first kappa shape index (κ1) is 28.3. The minimum absolute atomic E-state index is 0.0656. The quantitative estimate of drug-likeness (QED) is 0.103. The number of hydrogen-bond acceptors (Lipinski definition) is 3. The van der Waals surface area contributed by atoms with Crippen LogP contribution in [0, 0.1) is 0 Å². The van der Waals surface area contributed by atoms with Gasteiger partial charge in [-0.2, -0.15) is 0 Å². The summed E-state index contributed by atoms with van der Waals surface area (Å²) >= 11 is 0. The zero-order chi connectivity index (χ0) is 21.7. The van der Waals surface area contributed by atoms with Crippen molar-refractivity contribution in [3.8, 4) is 0 Å². The Hall–Kier alpha value is 0.314. The molecule has 1 saturated heterocycles. The lowest BCUT2D eigenvalue weighted by Gasteiger charge is -2.26. The molecule has 0 radical (unpaired) electrons. The van der Waals surface area contributed by atoms with Gasteiger partial charge in [0.2, 0.25) is 0 Å². The number of unbranched alkanes of at least 4 members (excludes halogenated alkanes) is 14. The van der Waals surface area contributed by atoms with Crippen molar-refractivity contribution in [1.29, 1.82) is 0 Å². The standard InChI is InChI=1S/C25H54O3Si2/c1-4-5-6-7-8-9-10-11-12-13-14-15-16-17-18-21-24(28-30(2)3)27-29-25-22-19-20-23-26-25/h24-25,30H,4-23,29H2,1-3H3. The van der Waals surface area contributed by atoms with E-state index in [9.17, 15) is 0 Å². The van der Waals surface area contributed by atoms with Crippen LogP contribution in [0.5, 0.6) is 0 Å². The third kappa shape index (κ3) is 17.9. The van der Waals surface area contributed by atoms with Crippen molar-refractivity contribution in [2.24, 2.45) is 0 Å². The lowest BCUT2D eigenvalue weighted by atomic mass is 10.0. The monoisotopic (exact) mass is 458 g/mol. The van der Waals surface area contributed by atoms with Gasteiger partial charge in [-0.15, -0.1) is 0 Å². The normalized spacial score (nSPS) is 18.6. The van der Waals surface area contributed by atoms with Crippen molar-refractivity contribution in [3.63, 3.8) is 0 Å². The van der Waals surface area contributed by atoms with Gasteiger partial charge < -0.3 is 13.6 Å². The molecule has 0 spiro atoms. The fourth-order valence-corrected chi connectivity index (χ4v) is 6.70. The molecule has 0 aromatic rings. The summed E-state index contributed by atoms with van der Waals surface area (Å²) in [6.07, 6.45) is 26.1. The molecule has 0 saturated carbocycles. The number of hydrogen-bond donors (Lipinski definition) is 0. The molecule has 0 aliphatic carbocycles. The van der Waals surface area contributed by atoms with E-state index in [-0.39, 0.29) is 6.29 Å². The maximum Gasteiger partial charge on any atom is 0.193 e. The van der Waals surface area contributed by atoms with Crippen LogP contribution in [-0.2, 0) is 13.6 Å². The lowest BCUT2D eigenvalue weighted by Crippen LogP contribution is -2.33. The molecule has 1 fully saturated rings. The maximum absolute atomic E-state index is 6.24. The summed E-state index contributed by atoms with van der Waals surface area (Å²) in [5.74, 6) is 0. The van der Waals surface area contributed by atoms with Crippen molar-refractivity contribution >= 4 is 18.8 Å². The fraction of sp³-hybridized carbons (Fsp3) is 1.00. The zero-order valence-corrected chi connectivity index (χ0v) is 23.4. The molecule has 1 aliphatic rings. The SMILES string of the molecule is CCCCCCCCCCCCCCCCCC(O[SiH2]C1CCCCO1)O[SiH](C)C. The van der Waals surface area contributed by atoms with E-state index in [1.807, 2.05) is 0 Å². The second kappa shape index (κ2) is 21.2. The molecule has 30 heavy (non-hydrogen) atoms. The molecule has 3 nitrogen and oxygen atoms in total. The molecule has 180 valence electrons. The molecule has 0 aromatic heterocycles. The van der Waals surface area contributed by atoms with Gasteiger partial charge in [0.05, 0.1) is 5.73 Å². The van der Waals surface area contributed by atoms with Gasteiger partial charge in [0, 0.05) is 6.61 Å². The van der Waals surface area contributed by atoms with Gasteiger partial charge in [-0.05, 0) is 45.2 Å². The Bertz CT molecular complexity index is 349. The molecule has 0 amide bonds. The van der Waals surface area contributed by atoms with Crippen LogP contribution < -0.4 is 0 Å². The Morgan fingerprint density at radius 1 is 0.800 bits per heavy atom. The highest BCUT2D eigenvalue weighted by molar-refractivity contribution is 6.48. The molecular formula is C25H54O3Si2. The van der Waals surface area contributed by atoms with Crippen LogP contribution in [0.3, 0.4) is 0 Å². The Labute approximate surface area is 193 Å². The van der Waals surface area contributed by atoms with Crippen LogP contribution >= 0.6 is 0 Å². The molecule has 2 unspecified atom stereocenters. The van der Waals surface area contributed by atoms with Gasteiger partial charge in [-0.25, -0.2) is 0 Å². The first-order valence-corrected chi connectivity index (χ1v) is 17.8. The first-order chi connectivity index (χ1) is 14.7. The fourth-order valence-electron chi connectivity index (χ4n) is 4.33. The van der Waals surface area contributed by atoms with Gasteiger partial charge in [-0.3, -0.25) is 0 Å². The van der Waals surface area contributed by atoms with E-state index >= 15 is 0 Å². The molecule has 2 atom stereocenters. The summed E-state index contributed by atoms with van der Waals surface area (Å²) in [4.78, 5) is 0. The van der Waals surface area contributed by atoms with E-state index in [0.29, 0.717) is 5.73 Å². The zero-order valence-electron chi connectivity index (χ0n) is 20.8. The smallest absolute Gasteiger partial charge is 0.193 e. The molecule has 0 aromatic carbocycles. The molecule has 0 N–H and O–H groups in total. The second-order valence-corrected chi connectivity index (χ2v) is 13.6. The van der Waals surface area contributed by atoms with Crippen LogP contribution in [0.2, 0.25) is 13.1 Å². The van der Waals surface area contributed by atoms with E-state index in [2.05, 4.69) is 20.0 Å². The van der Waals surface area contributed by atoms with Gasteiger partial charge >= 0.3 is 0 Å². The Balaban J connectivity index is 1.90. The van der Waals surface area contributed by atoms with Crippen molar-refractivity contribution in [3.05, 3.63) is 0 Å². The maximum atomic E-state index is 6.24. The number of rotatable bonds is 21. The van der Waals surface area contributed by atoms with Gasteiger partial charge in [0.15, 0.2) is 18.8 Å². The highest BCUT2D eigenvalue weighted by Gasteiger charge is 2.18. The Kier molecular flexibility index (Phi) is 20.0. The van der Waals surface area contributed by atoms with Crippen molar-refractivity contribution in [2.45, 2.75) is 154 Å². The van der Waals surface area contributed by atoms with E-state index in [1.165, 1.54) is 116 Å². The molecule has 1 aliphatic heterocycles. The second-order valence-electron chi connectivity index (χ2n) is 9.67. The van der Waals surface area contributed by atoms with Gasteiger partial charge in [0.25, 0.3) is 0 Å². The lowest BCUT2D eigenvalue weighted by molar-refractivity contribution is -0.0184. The molecule has 5 heteroatoms. The first-order valence-electron chi connectivity index (χ1n) is 13.6. The largest absolute Gasteiger partial charge is 0.398 e. The van der Waals surface area contributed by atoms with Crippen molar-refractivity contribution < 1.29 is 13.6 Å². The molecule has 0 bridgehead atoms. The average molecular weight is 459 g/mol. The van der Waals surface area contributed by atoms with Crippen LogP contribution in [0.15, 0.2) is 0 Å². The average Bonchev–Trinajstić information content (AvgIpc) is 2.75. The van der Waals surface area contributed by atoms with Crippen molar-refractivity contribution in [1.82, 2.24) is 0 Å². The van der Waals surface area contributed by atoms with E-state index < -0.39 is 18.8 Å². The molecule has 1 rings (SSSR count). The Morgan fingerprint density at radius 2 is 1.33 bits per heavy atom. The Morgan fingerprint density at radius 3 is 1.80 bits per heavy atom. The summed E-state index contributed by atoms with van der Waals surface area (Å²) in [6, 6.07) is 0. The minimum Gasteiger partial charge on any atom is -0.398 e. The van der Waals surface area contributed by atoms with E-state index in [4.69, 9.17) is 13.6 Å². The topological polar surface area (TPSA) is 27.7 Å². The summed E-state index contributed by atoms with van der Waals surface area (Å²) in [7, 11) is -1.66.